The Morgan fingerprint density at radius 1 is 1.69 bits per heavy atom. The number of rotatable bonds is 5. The van der Waals surface area contributed by atoms with Crippen LogP contribution in [0.4, 0.5) is 5.95 Å². The molecule has 88 valence electrons. The van der Waals surface area contributed by atoms with E-state index in [1.54, 1.807) is 12.0 Å². The first-order chi connectivity index (χ1) is 7.72. The minimum Gasteiger partial charge on any atom is -0.383 e. The van der Waals surface area contributed by atoms with E-state index >= 15 is 0 Å². The first-order valence-corrected chi connectivity index (χ1v) is 5.20. The zero-order valence-corrected chi connectivity index (χ0v) is 9.14. The SMILES string of the molecule is COCCN(C(=O)c1nc(N)n[nH]1)C1CC1. The van der Waals surface area contributed by atoms with Crippen molar-refractivity contribution in [3.8, 4) is 0 Å². The number of nitrogens with one attached hydrogen (secondary N) is 1. The molecule has 0 radical (unpaired) electrons. The van der Waals surface area contributed by atoms with Crippen molar-refractivity contribution in [1.82, 2.24) is 20.1 Å². The van der Waals surface area contributed by atoms with E-state index in [0.29, 0.717) is 19.2 Å². The van der Waals surface area contributed by atoms with Crippen LogP contribution >= 0.6 is 0 Å². The second kappa shape index (κ2) is 4.48. The minimum absolute atomic E-state index is 0.0887. The normalized spacial score (nSPS) is 15.1. The van der Waals surface area contributed by atoms with E-state index in [1.807, 2.05) is 0 Å². The van der Waals surface area contributed by atoms with Crippen LogP contribution in [0.25, 0.3) is 0 Å². The van der Waals surface area contributed by atoms with Gasteiger partial charge in [0.1, 0.15) is 0 Å². The van der Waals surface area contributed by atoms with Crippen LogP contribution in [0.3, 0.4) is 0 Å². The molecule has 7 nitrogen and oxygen atoms in total. The summed E-state index contributed by atoms with van der Waals surface area (Å²) in [5.41, 5.74) is 5.36. The Balaban J connectivity index is 2.04. The molecule has 3 N–H and O–H groups in total. The van der Waals surface area contributed by atoms with Crippen LogP contribution in [0.2, 0.25) is 0 Å². The van der Waals surface area contributed by atoms with Crippen molar-refractivity contribution in [2.24, 2.45) is 0 Å². The molecule has 7 heteroatoms. The summed E-state index contributed by atoms with van der Waals surface area (Å²) in [6.07, 6.45) is 2.08. The first-order valence-electron chi connectivity index (χ1n) is 5.20. The lowest BCUT2D eigenvalue weighted by Gasteiger charge is -2.20. The highest BCUT2D eigenvalue weighted by Gasteiger charge is 2.33. The Bertz CT molecular complexity index is 374. The Morgan fingerprint density at radius 3 is 2.94 bits per heavy atom. The predicted octanol–water partition coefficient (Wildman–Crippen LogP) is -0.362. The maximum absolute atomic E-state index is 12.0. The molecule has 1 heterocycles. The molecule has 1 saturated carbocycles. The Hall–Kier alpha value is -1.63. The average molecular weight is 225 g/mol. The van der Waals surface area contributed by atoms with Crippen LogP contribution in [-0.2, 0) is 4.74 Å². The highest BCUT2D eigenvalue weighted by atomic mass is 16.5. The van der Waals surface area contributed by atoms with Gasteiger partial charge >= 0.3 is 0 Å². The van der Waals surface area contributed by atoms with E-state index < -0.39 is 0 Å². The summed E-state index contributed by atoms with van der Waals surface area (Å²) in [4.78, 5) is 17.6. The van der Waals surface area contributed by atoms with Gasteiger partial charge in [0.25, 0.3) is 5.91 Å². The zero-order valence-electron chi connectivity index (χ0n) is 9.14. The van der Waals surface area contributed by atoms with Gasteiger partial charge in [0.15, 0.2) is 0 Å². The van der Waals surface area contributed by atoms with Crippen molar-refractivity contribution in [3.05, 3.63) is 5.82 Å². The third-order valence-electron chi connectivity index (χ3n) is 2.49. The van der Waals surface area contributed by atoms with Gasteiger partial charge in [0, 0.05) is 19.7 Å². The van der Waals surface area contributed by atoms with Crippen LogP contribution in [0.5, 0.6) is 0 Å². The number of aromatic amines is 1. The smallest absolute Gasteiger partial charge is 0.291 e. The lowest BCUT2D eigenvalue weighted by Crippen LogP contribution is -2.36. The number of ether oxygens (including phenoxy) is 1. The molecular formula is C9H15N5O2. The lowest BCUT2D eigenvalue weighted by molar-refractivity contribution is 0.0668. The predicted molar refractivity (Wildman–Crippen MR) is 56.7 cm³/mol. The molecule has 0 saturated heterocycles. The summed E-state index contributed by atoms with van der Waals surface area (Å²) in [6.45, 7) is 1.09. The summed E-state index contributed by atoms with van der Waals surface area (Å²) >= 11 is 0. The molecule has 1 amide bonds. The molecule has 0 atom stereocenters. The molecule has 1 aliphatic rings. The molecule has 1 fully saturated rings. The molecule has 1 aromatic heterocycles. The van der Waals surface area contributed by atoms with E-state index in [4.69, 9.17) is 10.5 Å². The second-order valence-electron chi connectivity index (χ2n) is 3.76. The van der Waals surface area contributed by atoms with Crippen LogP contribution < -0.4 is 5.73 Å². The van der Waals surface area contributed by atoms with Gasteiger partial charge in [-0.05, 0) is 12.8 Å². The molecule has 0 unspecified atom stereocenters. The van der Waals surface area contributed by atoms with Crippen molar-refractivity contribution in [1.29, 1.82) is 0 Å². The lowest BCUT2D eigenvalue weighted by atomic mass is 10.4. The van der Waals surface area contributed by atoms with Gasteiger partial charge in [-0.25, -0.2) is 0 Å². The van der Waals surface area contributed by atoms with Crippen molar-refractivity contribution < 1.29 is 9.53 Å². The van der Waals surface area contributed by atoms with Gasteiger partial charge in [0.2, 0.25) is 11.8 Å². The highest BCUT2D eigenvalue weighted by Crippen LogP contribution is 2.27. The van der Waals surface area contributed by atoms with E-state index in [2.05, 4.69) is 15.2 Å². The van der Waals surface area contributed by atoms with E-state index in [1.165, 1.54) is 0 Å². The van der Waals surface area contributed by atoms with Crippen molar-refractivity contribution >= 4 is 11.9 Å². The third kappa shape index (κ3) is 2.30. The molecule has 0 bridgehead atoms. The van der Waals surface area contributed by atoms with Crippen molar-refractivity contribution in [2.75, 3.05) is 26.0 Å². The fourth-order valence-electron chi connectivity index (χ4n) is 1.53. The highest BCUT2D eigenvalue weighted by molar-refractivity contribution is 5.91. The molecule has 1 aliphatic carbocycles. The molecular weight excluding hydrogens is 210 g/mol. The molecule has 16 heavy (non-hydrogen) atoms. The maximum atomic E-state index is 12.0. The quantitative estimate of drug-likeness (QED) is 0.713. The topological polar surface area (TPSA) is 97.1 Å². The molecule has 0 aromatic carbocycles. The fraction of sp³-hybridized carbons (Fsp3) is 0.667. The van der Waals surface area contributed by atoms with Gasteiger partial charge in [-0.2, -0.15) is 4.98 Å². The standard InChI is InChI=1S/C9H15N5O2/c1-16-5-4-14(6-2-3-6)8(15)7-11-9(10)13-12-7/h6H,2-5H2,1H3,(H3,10,11,12,13). The molecule has 0 aliphatic heterocycles. The Kier molecular flexibility index (Phi) is 3.04. The first kappa shape index (κ1) is 10.9. The number of hydrogen-bond donors (Lipinski definition) is 2. The van der Waals surface area contributed by atoms with Gasteiger partial charge in [0.05, 0.1) is 6.61 Å². The molecule has 0 spiro atoms. The summed E-state index contributed by atoms with van der Waals surface area (Å²) in [5, 5.41) is 6.17. The average Bonchev–Trinajstić information content (AvgIpc) is 3.01. The molecule has 1 aromatic rings. The van der Waals surface area contributed by atoms with Gasteiger partial charge < -0.3 is 15.4 Å². The minimum atomic E-state index is -0.163. The Labute approximate surface area is 93.0 Å². The number of H-pyrrole nitrogens is 1. The van der Waals surface area contributed by atoms with E-state index in [-0.39, 0.29) is 17.7 Å². The van der Waals surface area contributed by atoms with Gasteiger partial charge in [-0.1, -0.05) is 0 Å². The number of methoxy groups -OCH3 is 1. The van der Waals surface area contributed by atoms with Crippen molar-refractivity contribution in [2.45, 2.75) is 18.9 Å². The number of nitrogens with zero attached hydrogens (tertiary/aromatic N) is 3. The summed E-state index contributed by atoms with van der Waals surface area (Å²) < 4.78 is 4.98. The molecule has 2 rings (SSSR count). The van der Waals surface area contributed by atoms with E-state index in [9.17, 15) is 4.79 Å². The maximum Gasteiger partial charge on any atom is 0.291 e. The largest absolute Gasteiger partial charge is 0.383 e. The van der Waals surface area contributed by atoms with Crippen LogP contribution in [0.1, 0.15) is 23.5 Å². The van der Waals surface area contributed by atoms with Crippen LogP contribution in [-0.4, -0.2) is 52.3 Å². The number of carbonyl (C=O) groups excluding carboxylic acids is 1. The van der Waals surface area contributed by atoms with Gasteiger partial charge in [-0.15, -0.1) is 5.10 Å². The number of nitrogens with two attached hydrogens (primary N) is 1. The summed E-state index contributed by atoms with van der Waals surface area (Å²) in [6, 6.07) is 0.314. The third-order valence-corrected chi connectivity index (χ3v) is 2.49. The van der Waals surface area contributed by atoms with Gasteiger partial charge in [-0.3, -0.25) is 9.89 Å². The summed E-state index contributed by atoms with van der Waals surface area (Å²) in [7, 11) is 1.61. The summed E-state index contributed by atoms with van der Waals surface area (Å²) in [5.74, 6) is 0.120. The number of nitrogen functional groups attached to an aromatic ring is 1. The number of hydrogen-bond acceptors (Lipinski definition) is 5. The van der Waals surface area contributed by atoms with E-state index in [0.717, 1.165) is 12.8 Å². The number of carbonyl (C=O) groups is 1. The monoisotopic (exact) mass is 225 g/mol. The fourth-order valence-corrected chi connectivity index (χ4v) is 1.53. The second-order valence-corrected chi connectivity index (χ2v) is 3.76. The van der Waals surface area contributed by atoms with Crippen LogP contribution in [0.15, 0.2) is 0 Å². The number of anilines is 1. The van der Waals surface area contributed by atoms with Crippen LogP contribution in [0, 0.1) is 0 Å². The van der Waals surface area contributed by atoms with Crippen molar-refractivity contribution in [3.63, 3.8) is 0 Å². The number of aromatic nitrogens is 3. The number of amides is 1. The Morgan fingerprint density at radius 2 is 2.44 bits per heavy atom. The zero-order chi connectivity index (χ0) is 11.5.